The first-order valence-electron chi connectivity index (χ1n) is 16.3. The molecule has 0 unspecified atom stereocenters. The summed E-state index contributed by atoms with van der Waals surface area (Å²) in [6.45, 7) is 4.12. The maximum Gasteiger partial charge on any atom is 0.416 e. The minimum atomic E-state index is -4.42. The third kappa shape index (κ3) is 9.83. The Hall–Kier alpha value is -3.40. The zero-order chi connectivity index (χ0) is 34.3. The summed E-state index contributed by atoms with van der Waals surface area (Å²) >= 11 is 12.5. The van der Waals surface area contributed by atoms with Crippen LogP contribution in [0.15, 0.2) is 72.8 Å². The quantitative estimate of drug-likeness (QED) is 0.157. The first kappa shape index (κ1) is 35.9. The van der Waals surface area contributed by atoms with E-state index in [-0.39, 0.29) is 23.5 Å². The van der Waals surface area contributed by atoms with Crippen LogP contribution in [0.2, 0.25) is 10.0 Å². The number of hydrogen-bond acceptors (Lipinski definition) is 3. The van der Waals surface area contributed by atoms with Gasteiger partial charge in [0.15, 0.2) is 0 Å². The number of alkyl halides is 3. The highest BCUT2D eigenvalue weighted by Crippen LogP contribution is 2.31. The number of carbonyl (C=O) groups excluding carboxylic acids is 2. The largest absolute Gasteiger partial charge is 0.416 e. The van der Waals surface area contributed by atoms with Gasteiger partial charge in [0.1, 0.15) is 5.82 Å². The maximum absolute atomic E-state index is 13.9. The summed E-state index contributed by atoms with van der Waals surface area (Å²) in [7, 11) is 0. The smallest absolute Gasteiger partial charge is 0.339 e. The molecule has 2 aliphatic rings. The van der Waals surface area contributed by atoms with Crippen LogP contribution in [0, 0.1) is 17.7 Å². The standard InChI is InChI=1S/C37H39Cl2F4N3O2/c38-33-12-11-32(25-34(33)39)46(19-1-18-44-20-14-28(15-21-44)24-27-4-9-31(40)10-5-27)36(48)29-16-22-45(23-17-29)35(47)13-6-26-2-7-30(8-3-26)37(41,42)43/h2-13,25,28-29H,1,14-24H2. The number of piperidine rings is 2. The van der Waals surface area contributed by atoms with Crippen LogP contribution in [0.1, 0.15) is 48.8 Å². The molecule has 3 aromatic rings. The molecule has 2 saturated heterocycles. The predicted octanol–water partition coefficient (Wildman–Crippen LogP) is 8.78. The molecule has 2 fully saturated rings. The van der Waals surface area contributed by atoms with Crippen molar-refractivity contribution in [3.8, 4) is 0 Å². The minimum Gasteiger partial charge on any atom is -0.339 e. The number of benzene rings is 3. The number of amides is 2. The van der Waals surface area contributed by atoms with Crippen molar-refractivity contribution in [1.29, 1.82) is 0 Å². The van der Waals surface area contributed by atoms with Gasteiger partial charge in [-0.2, -0.15) is 13.2 Å². The van der Waals surface area contributed by atoms with E-state index >= 15 is 0 Å². The molecular weight excluding hydrogens is 665 g/mol. The Balaban J connectivity index is 1.13. The summed E-state index contributed by atoms with van der Waals surface area (Å²) in [5, 5.41) is 0.780. The van der Waals surface area contributed by atoms with Gasteiger partial charge in [-0.3, -0.25) is 9.59 Å². The van der Waals surface area contributed by atoms with E-state index in [1.54, 1.807) is 28.0 Å². The lowest BCUT2D eigenvalue weighted by Crippen LogP contribution is -2.45. The van der Waals surface area contributed by atoms with Crippen LogP contribution < -0.4 is 4.90 Å². The molecule has 0 bridgehead atoms. The molecule has 256 valence electrons. The molecule has 0 aliphatic carbocycles. The second-order valence-electron chi connectivity index (χ2n) is 12.6. The SMILES string of the molecule is O=C(C=Cc1ccc(C(F)(F)F)cc1)N1CCC(C(=O)N(CCCN2CCC(Cc3ccc(F)cc3)CC2)c2ccc(Cl)c(Cl)c2)CC1. The number of likely N-dealkylation sites (tertiary alicyclic amines) is 2. The first-order chi connectivity index (χ1) is 23.0. The topological polar surface area (TPSA) is 43.9 Å². The van der Waals surface area contributed by atoms with E-state index in [4.69, 9.17) is 23.2 Å². The minimum absolute atomic E-state index is 0.0150. The molecule has 2 heterocycles. The summed E-state index contributed by atoms with van der Waals surface area (Å²) in [6.07, 6.45) is 3.32. The molecule has 2 amide bonds. The summed E-state index contributed by atoms with van der Waals surface area (Å²) in [6, 6.07) is 16.6. The van der Waals surface area contributed by atoms with Crippen LogP contribution in [-0.2, 0) is 22.2 Å². The second-order valence-corrected chi connectivity index (χ2v) is 13.4. The maximum atomic E-state index is 13.9. The summed E-state index contributed by atoms with van der Waals surface area (Å²) in [5.41, 5.74) is 1.60. The zero-order valence-corrected chi connectivity index (χ0v) is 28.1. The normalized spacial score (nSPS) is 16.8. The van der Waals surface area contributed by atoms with Crippen LogP contribution in [0.5, 0.6) is 0 Å². The Kier molecular flexibility index (Phi) is 12.2. The van der Waals surface area contributed by atoms with Gasteiger partial charge >= 0.3 is 6.18 Å². The number of hydrogen-bond donors (Lipinski definition) is 0. The van der Waals surface area contributed by atoms with Gasteiger partial charge < -0.3 is 14.7 Å². The zero-order valence-electron chi connectivity index (χ0n) is 26.6. The van der Waals surface area contributed by atoms with Crippen molar-refractivity contribution in [3.05, 3.63) is 105 Å². The third-order valence-electron chi connectivity index (χ3n) is 9.29. The molecule has 11 heteroatoms. The highest BCUT2D eigenvalue weighted by atomic mass is 35.5. The fourth-order valence-electron chi connectivity index (χ4n) is 6.46. The molecule has 0 spiro atoms. The van der Waals surface area contributed by atoms with E-state index in [1.165, 1.54) is 36.4 Å². The van der Waals surface area contributed by atoms with Crippen LogP contribution in [0.3, 0.4) is 0 Å². The van der Waals surface area contributed by atoms with E-state index in [2.05, 4.69) is 4.90 Å². The lowest BCUT2D eigenvalue weighted by atomic mass is 9.90. The Morgan fingerprint density at radius 3 is 2.15 bits per heavy atom. The van der Waals surface area contributed by atoms with E-state index in [1.807, 2.05) is 12.1 Å². The summed E-state index contributed by atoms with van der Waals surface area (Å²) < 4.78 is 51.8. The molecule has 2 aliphatic heterocycles. The highest BCUT2D eigenvalue weighted by molar-refractivity contribution is 6.42. The summed E-state index contributed by atoms with van der Waals surface area (Å²) in [5.74, 6) is -0.182. The number of carbonyl (C=O) groups is 2. The molecular formula is C37H39Cl2F4N3O2. The second kappa shape index (κ2) is 16.3. The van der Waals surface area contributed by atoms with Crippen LogP contribution in [0.25, 0.3) is 6.08 Å². The number of rotatable bonds is 10. The lowest BCUT2D eigenvalue weighted by Gasteiger charge is -2.35. The van der Waals surface area contributed by atoms with Crippen LogP contribution in [0.4, 0.5) is 23.2 Å². The predicted molar refractivity (Wildman–Crippen MR) is 182 cm³/mol. The van der Waals surface area contributed by atoms with E-state index < -0.39 is 11.7 Å². The van der Waals surface area contributed by atoms with E-state index in [9.17, 15) is 27.2 Å². The van der Waals surface area contributed by atoms with E-state index in [0.29, 0.717) is 59.7 Å². The Morgan fingerprint density at radius 1 is 0.854 bits per heavy atom. The molecule has 0 aromatic heterocycles. The molecule has 5 nitrogen and oxygen atoms in total. The molecule has 48 heavy (non-hydrogen) atoms. The average molecular weight is 705 g/mol. The van der Waals surface area contributed by atoms with Gasteiger partial charge in [0.05, 0.1) is 15.6 Å². The molecule has 0 N–H and O–H groups in total. The van der Waals surface area contributed by atoms with Gasteiger partial charge in [-0.05, 0) is 124 Å². The fraction of sp³-hybridized carbons (Fsp3) is 0.405. The van der Waals surface area contributed by atoms with Crippen LogP contribution >= 0.6 is 23.2 Å². The average Bonchev–Trinajstić information content (AvgIpc) is 3.08. The first-order valence-corrected chi connectivity index (χ1v) is 17.1. The monoisotopic (exact) mass is 703 g/mol. The van der Waals surface area contributed by atoms with Gasteiger partial charge in [-0.15, -0.1) is 0 Å². The van der Waals surface area contributed by atoms with Crippen molar-refractivity contribution < 1.29 is 27.2 Å². The Labute approximate surface area is 289 Å². The molecule has 5 rings (SSSR count). The molecule has 0 saturated carbocycles. The van der Waals surface area contributed by atoms with Crippen LogP contribution in [-0.4, -0.2) is 60.9 Å². The Morgan fingerprint density at radius 2 is 1.52 bits per heavy atom. The van der Waals surface area contributed by atoms with Gasteiger partial charge in [0.2, 0.25) is 11.8 Å². The Bertz CT molecular complexity index is 1560. The van der Waals surface area contributed by atoms with Gasteiger partial charge in [0.25, 0.3) is 0 Å². The molecule has 0 atom stereocenters. The van der Waals surface area contributed by atoms with E-state index in [0.717, 1.165) is 63.0 Å². The number of nitrogens with zero attached hydrogens (tertiary/aromatic N) is 3. The van der Waals surface area contributed by atoms with Crippen molar-refractivity contribution in [1.82, 2.24) is 9.80 Å². The van der Waals surface area contributed by atoms with Gasteiger partial charge in [-0.1, -0.05) is 47.5 Å². The van der Waals surface area contributed by atoms with Crippen molar-refractivity contribution in [2.75, 3.05) is 44.2 Å². The third-order valence-corrected chi connectivity index (χ3v) is 10.0. The number of halogens is 6. The molecule has 3 aromatic carbocycles. The lowest BCUT2D eigenvalue weighted by molar-refractivity contribution is -0.137. The fourth-order valence-corrected chi connectivity index (χ4v) is 6.76. The van der Waals surface area contributed by atoms with Crippen molar-refractivity contribution >= 4 is 46.8 Å². The summed E-state index contributed by atoms with van der Waals surface area (Å²) in [4.78, 5) is 32.6. The van der Waals surface area contributed by atoms with Gasteiger partial charge in [-0.25, -0.2) is 4.39 Å². The number of anilines is 1. The molecule has 0 radical (unpaired) electrons. The highest BCUT2D eigenvalue weighted by Gasteiger charge is 2.32. The van der Waals surface area contributed by atoms with Crippen molar-refractivity contribution in [3.63, 3.8) is 0 Å². The van der Waals surface area contributed by atoms with Crippen molar-refractivity contribution in [2.24, 2.45) is 11.8 Å². The van der Waals surface area contributed by atoms with Crippen molar-refractivity contribution in [2.45, 2.75) is 44.7 Å². The van der Waals surface area contributed by atoms with Gasteiger partial charge in [0, 0.05) is 37.3 Å².